The molecular formula is C13H17FN2O5. The van der Waals surface area contributed by atoms with Crippen molar-refractivity contribution >= 4 is 11.7 Å². The topological polar surface area (TPSA) is 81.9 Å². The van der Waals surface area contributed by atoms with Crippen LogP contribution in [-0.4, -0.2) is 50.1 Å². The van der Waals surface area contributed by atoms with E-state index in [1.165, 1.54) is 0 Å². The fraction of sp³-hybridized carbons (Fsp3) is 0.462. The summed E-state index contributed by atoms with van der Waals surface area (Å²) in [6.07, 6.45) is 0.634. The van der Waals surface area contributed by atoms with Crippen molar-refractivity contribution in [2.24, 2.45) is 0 Å². The zero-order valence-electron chi connectivity index (χ0n) is 12.1. The summed E-state index contributed by atoms with van der Waals surface area (Å²) in [5.74, 6) is -2.09. The van der Waals surface area contributed by atoms with Gasteiger partial charge < -0.3 is 14.4 Å². The zero-order chi connectivity index (χ0) is 16.0. The lowest BCUT2D eigenvalue weighted by molar-refractivity contribution is -0.386. The van der Waals surface area contributed by atoms with Gasteiger partial charge in [-0.25, -0.2) is 9.18 Å². The molecule has 0 amide bonds. The summed E-state index contributed by atoms with van der Waals surface area (Å²) in [5, 5.41) is 10.9. The van der Waals surface area contributed by atoms with Crippen LogP contribution in [0.25, 0.3) is 0 Å². The number of ether oxygens (including phenoxy) is 2. The van der Waals surface area contributed by atoms with E-state index < -0.39 is 28.0 Å². The van der Waals surface area contributed by atoms with Crippen LogP contribution in [0.4, 0.5) is 10.1 Å². The van der Waals surface area contributed by atoms with Crippen molar-refractivity contribution in [3.63, 3.8) is 0 Å². The maximum atomic E-state index is 13.7. The van der Waals surface area contributed by atoms with Gasteiger partial charge in [0.25, 0.3) is 0 Å². The van der Waals surface area contributed by atoms with E-state index >= 15 is 0 Å². The number of esters is 1. The standard InChI is InChI=1S/C13H17FN2O5/c1-15(2)5-4-6-21-12-7-9(13(17)20-3)10(14)8-11(12)16(18)19/h7-8H,4-6H2,1-3H3. The highest BCUT2D eigenvalue weighted by Crippen LogP contribution is 2.30. The first-order valence-corrected chi connectivity index (χ1v) is 6.20. The van der Waals surface area contributed by atoms with Crippen molar-refractivity contribution in [2.75, 3.05) is 34.4 Å². The van der Waals surface area contributed by atoms with Crippen LogP contribution in [0, 0.1) is 15.9 Å². The van der Waals surface area contributed by atoms with Crippen LogP contribution in [0.3, 0.4) is 0 Å². The van der Waals surface area contributed by atoms with Crippen molar-refractivity contribution < 1.29 is 23.6 Å². The molecule has 0 fully saturated rings. The lowest BCUT2D eigenvalue weighted by Crippen LogP contribution is -2.16. The molecule has 0 saturated heterocycles. The van der Waals surface area contributed by atoms with Gasteiger partial charge in [0.1, 0.15) is 5.82 Å². The smallest absolute Gasteiger partial charge is 0.340 e. The van der Waals surface area contributed by atoms with Gasteiger partial charge in [-0.1, -0.05) is 0 Å². The minimum absolute atomic E-state index is 0.152. The molecule has 0 unspecified atom stereocenters. The Morgan fingerprint density at radius 3 is 2.62 bits per heavy atom. The predicted molar refractivity (Wildman–Crippen MR) is 73.1 cm³/mol. The normalized spacial score (nSPS) is 10.5. The first-order valence-electron chi connectivity index (χ1n) is 6.20. The van der Waals surface area contributed by atoms with Crippen LogP contribution in [0.5, 0.6) is 5.75 Å². The van der Waals surface area contributed by atoms with Gasteiger partial charge >= 0.3 is 11.7 Å². The zero-order valence-corrected chi connectivity index (χ0v) is 12.1. The Hall–Kier alpha value is -2.22. The van der Waals surface area contributed by atoms with E-state index in [-0.39, 0.29) is 12.4 Å². The highest BCUT2D eigenvalue weighted by atomic mass is 19.1. The molecule has 1 rings (SSSR count). The molecule has 0 aromatic heterocycles. The van der Waals surface area contributed by atoms with Crippen LogP contribution >= 0.6 is 0 Å². The largest absolute Gasteiger partial charge is 0.487 e. The Morgan fingerprint density at radius 2 is 2.10 bits per heavy atom. The Morgan fingerprint density at radius 1 is 1.43 bits per heavy atom. The summed E-state index contributed by atoms with van der Waals surface area (Å²) in [5.41, 5.74) is -0.921. The average Bonchev–Trinajstić information content (AvgIpc) is 2.43. The molecular weight excluding hydrogens is 283 g/mol. The molecule has 0 radical (unpaired) electrons. The average molecular weight is 300 g/mol. The van der Waals surface area contributed by atoms with Crippen molar-refractivity contribution in [3.05, 3.63) is 33.6 Å². The molecule has 0 atom stereocenters. The fourth-order valence-electron chi connectivity index (χ4n) is 1.63. The van der Waals surface area contributed by atoms with E-state index in [1.54, 1.807) is 0 Å². The highest BCUT2D eigenvalue weighted by Gasteiger charge is 2.23. The van der Waals surface area contributed by atoms with E-state index in [1.807, 2.05) is 19.0 Å². The molecule has 0 aliphatic heterocycles. The number of hydrogen-bond acceptors (Lipinski definition) is 6. The van der Waals surface area contributed by atoms with E-state index in [4.69, 9.17) is 4.74 Å². The Labute approximate surface area is 121 Å². The summed E-state index contributed by atoms with van der Waals surface area (Å²) < 4.78 is 23.4. The van der Waals surface area contributed by atoms with Gasteiger partial charge in [-0.15, -0.1) is 0 Å². The minimum atomic E-state index is -1.02. The van der Waals surface area contributed by atoms with Crippen LogP contribution in [0.1, 0.15) is 16.8 Å². The second-order valence-corrected chi connectivity index (χ2v) is 4.55. The monoisotopic (exact) mass is 300 g/mol. The van der Waals surface area contributed by atoms with Crippen molar-refractivity contribution in [3.8, 4) is 5.75 Å². The number of halogens is 1. The van der Waals surface area contributed by atoms with Crippen molar-refractivity contribution in [1.82, 2.24) is 4.90 Å². The molecule has 21 heavy (non-hydrogen) atoms. The van der Waals surface area contributed by atoms with Crippen LogP contribution < -0.4 is 4.74 Å². The van der Waals surface area contributed by atoms with E-state index in [9.17, 15) is 19.3 Å². The lowest BCUT2D eigenvalue weighted by atomic mass is 10.1. The third-order valence-corrected chi connectivity index (χ3v) is 2.66. The summed E-state index contributed by atoms with van der Waals surface area (Å²) in [6.45, 7) is 0.949. The number of carbonyl (C=O) groups is 1. The van der Waals surface area contributed by atoms with Gasteiger partial charge in [0.2, 0.25) is 0 Å². The fourth-order valence-corrected chi connectivity index (χ4v) is 1.63. The van der Waals surface area contributed by atoms with Crippen LogP contribution in [0.15, 0.2) is 12.1 Å². The molecule has 0 saturated carbocycles. The third-order valence-electron chi connectivity index (χ3n) is 2.66. The quantitative estimate of drug-likeness (QED) is 0.331. The number of nitrogens with zero attached hydrogens (tertiary/aromatic N) is 2. The number of hydrogen-bond donors (Lipinski definition) is 0. The molecule has 116 valence electrons. The number of nitro benzene ring substituents is 1. The van der Waals surface area contributed by atoms with Gasteiger partial charge in [-0.05, 0) is 20.5 Å². The second-order valence-electron chi connectivity index (χ2n) is 4.55. The molecule has 0 spiro atoms. The maximum absolute atomic E-state index is 13.7. The summed E-state index contributed by atoms with van der Waals surface area (Å²) in [4.78, 5) is 23.5. The molecule has 0 aliphatic rings. The van der Waals surface area contributed by atoms with E-state index in [0.29, 0.717) is 12.5 Å². The highest BCUT2D eigenvalue weighted by molar-refractivity contribution is 5.90. The van der Waals surface area contributed by atoms with Gasteiger partial charge in [-0.3, -0.25) is 10.1 Å². The van der Waals surface area contributed by atoms with Gasteiger partial charge in [0.15, 0.2) is 5.75 Å². The molecule has 8 heteroatoms. The van der Waals surface area contributed by atoms with Gasteiger partial charge in [-0.2, -0.15) is 0 Å². The lowest BCUT2D eigenvalue weighted by Gasteiger charge is -2.11. The van der Waals surface area contributed by atoms with Crippen molar-refractivity contribution in [2.45, 2.75) is 6.42 Å². The minimum Gasteiger partial charge on any atom is -0.487 e. The second kappa shape index (κ2) is 7.53. The maximum Gasteiger partial charge on any atom is 0.340 e. The van der Waals surface area contributed by atoms with E-state index in [2.05, 4.69) is 4.74 Å². The Balaban J connectivity index is 2.97. The molecule has 0 aliphatic carbocycles. The predicted octanol–water partition coefficient (Wildman–Crippen LogP) is 1.85. The molecule has 0 N–H and O–H groups in total. The SMILES string of the molecule is COC(=O)c1cc(OCCCN(C)C)c([N+](=O)[O-])cc1F. The molecule has 1 aromatic rings. The van der Waals surface area contributed by atoms with Crippen LogP contribution in [0.2, 0.25) is 0 Å². The Bertz CT molecular complexity index is 534. The first-order chi connectivity index (χ1) is 9.86. The number of benzene rings is 1. The molecule has 7 nitrogen and oxygen atoms in total. The summed E-state index contributed by atoms with van der Waals surface area (Å²) >= 11 is 0. The molecule has 1 aromatic carbocycles. The Kier molecular flexibility index (Phi) is 6.04. The van der Waals surface area contributed by atoms with Crippen LogP contribution in [-0.2, 0) is 4.74 Å². The number of rotatable bonds is 7. The summed E-state index contributed by atoms with van der Waals surface area (Å²) in [6, 6.07) is 1.66. The summed E-state index contributed by atoms with van der Waals surface area (Å²) in [7, 11) is 4.87. The third kappa shape index (κ3) is 4.67. The molecule has 0 bridgehead atoms. The number of methoxy groups -OCH3 is 1. The van der Waals surface area contributed by atoms with Gasteiger partial charge in [0, 0.05) is 12.6 Å². The van der Waals surface area contributed by atoms with E-state index in [0.717, 1.165) is 19.7 Å². The number of carbonyl (C=O) groups excluding carboxylic acids is 1. The number of nitro groups is 1. The first kappa shape index (κ1) is 16.8. The van der Waals surface area contributed by atoms with Crippen molar-refractivity contribution in [1.29, 1.82) is 0 Å². The molecule has 0 heterocycles. The van der Waals surface area contributed by atoms with Gasteiger partial charge in [0.05, 0.1) is 30.3 Å².